The Morgan fingerprint density at radius 2 is 1.85 bits per heavy atom. The van der Waals surface area contributed by atoms with Crippen molar-refractivity contribution in [3.05, 3.63) is 23.3 Å². The summed E-state index contributed by atoms with van der Waals surface area (Å²) in [5, 5.41) is 2.89. The Labute approximate surface area is 203 Å². The zero-order valence-corrected chi connectivity index (χ0v) is 21.5. The molecule has 2 fully saturated rings. The summed E-state index contributed by atoms with van der Waals surface area (Å²) in [5.41, 5.74) is 1.33. The van der Waals surface area contributed by atoms with Crippen molar-refractivity contribution in [3.63, 3.8) is 0 Å². The minimum absolute atomic E-state index is 0.0669. The van der Waals surface area contributed by atoms with E-state index in [1.165, 1.54) is 0 Å². The normalized spacial score (nSPS) is 20.3. The Morgan fingerprint density at radius 1 is 1.15 bits per heavy atom. The number of amides is 1. The molecule has 2 aliphatic heterocycles. The predicted molar refractivity (Wildman–Crippen MR) is 130 cm³/mol. The molecule has 3 rings (SSSR count). The number of piperidine rings is 1. The molecule has 192 valence electrons. The minimum Gasteiger partial charge on any atom is -0.497 e. The van der Waals surface area contributed by atoms with Crippen molar-refractivity contribution in [3.8, 4) is 5.75 Å². The molecule has 1 aromatic carbocycles. The fourth-order valence-electron chi connectivity index (χ4n) is 4.70. The third kappa shape index (κ3) is 7.14. The maximum Gasteiger partial charge on any atom is 0.245 e. The van der Waals surface area contributed by atoms with Crippen molar-refractivity contribution >= 4 is 15.9 Å². The van der Waals surface area contributed by atoms with Crippen molar-refractivity contribution < 1.29 is 27.4 Å². The average molecular weight is 498 g/mol. The zero-order valence-electron chi connectivity index (χ0n) is 20.7. The van der Waals surface area contributed by atoms with Gasteiger partial charge in [0.05, 0.1) is 31.8 Å². The lowest BCUT2D eigenvalue weighted by atomic mass is 10.1. The second-order valence-corrected chi connectivity index (χ2v) is 10.9. The summed E-state index contributed by atoms with van der Waals surface area (Å²) in [6.45, 7) is 9.12. The van der Waals surface area contributed by atoms with Gasteiger partial charge in [-0.15, -0.1) is 0 Å². The van der Waals surface area contributed by atoms with E-state index in [0.29, 0.717) is 41.3 Å². The summed E-state index contributed by atoms with van der Waals surface area (Å²) in [5.74, 6) is 0.470. The molecule has 2 aliphatic rings. The van der Waals surface area contributed by atoms with Crippen LogP contribution in [0, 0.1) is 13.8 Å². The van der Waals surface area contributed by atoms with Crippen LogP contribution in [0.25, 0.3) is 0 Å². The molecule has 0 radical (unpaired) electrons. The first-order valence-corrected chi connectivity index (χ1v) is 13.6. The number of ether oxygens (including phenoxy) is 3. The first-order chi connectivity index (χ1) is 16.3. The smallest absolute Gasteiger partial charge is 0.245 e. The highest BCUT2D eigenvalue weighted by atomic mass is 32.2. The van der Waals surface area contributed by atoms with E-state index in [0.717, 1.165) is 52.1 Å². The summed E-state index contributed by atoms with van der Waals surface area (Å²) in [4.78, 5) is 14.8. The molecule has 1 unspecified atom stereocenters. The van der Waals surface area contributed by atoms with Crippen molar-refractivity contribution in [1.82, 2.24) is 14.5 Å². The van der Waals surface area contributed by atoms with Gasteiger partial charge in [-0.1, -0.05) is 6.42 Å². The lowest BCUT2D eigenvalue weighted by Crippen LogP contribution is -2.46. The number of nitrogens with one attached hydrogen (secondary N) is 1. The molecule has 0 aliphatic carbocycles. The molecule has 1 aromatic rings. The van der Waals surface area contributed by atoms with Crippen LogP contribution in [0.4, 0.5) is 0 Å². The van der Waals surface area contributed by atoms with Crippen molar-refractivity contribution in [2.45, 2.75) is 50.5 Å². The van der Waals surface area contributed by atoms with E-state index in [2.05, 4.69) is 10.2 Å². The number of hydrogen-bond donors (Lipinski definition) is 1. The molecule has 9 nitrogen and oxygen atoms in total. The Balaban J connectivity index is 1.49. The highest BCUT2D eigenvalue weighted by Crippen LogP contribution is 2.31. The second-order valence-electron chi connectivity index (χ2n) is 9.03. The van der Waals surface area contributed by atoms with Gasteiger partial charge >= 0.3 is 0 Å². The summed E-state index contributed by atoms with van der Waals surface area (Å²) in [7, 11) is -2.12. The van der Waals surface area contributed by atoms with Gasteiger partial charge in [0.15, 0.2) is 0 Å². The molecule has 1 amide bonds. The fourth-order valence-corrected chi connectivity index (χ4v) is 6.80. The first kappa shape index (κ1) is 26.9. The maximum atomic E-state index is 13.6. The number of nitrogens with zero attached hydrogens (tertiary/aromatic N) is 2. The van der Waals surface area contributed by atoms with Gasteiger partial charge in [0, 0.05) is 32.2 Å². The monoisotopic (exact) mass is 497 g/mol. The highest BCUT2D eigenvalue weighted by Gasteiger charge is 2.35. The topological polar surface area (TPSA) is 97.4 Å². The van der Waals surface area contributed by atoms with Gasteiger partial charge < -0.3 is 19.5 Å². The molecule has 10 heteroatoms. The number of sulfonamides is 1. The molecule has 0 saturated carbocycles. The van der Waals surface area contributed by atoms with Crippen LogP contribution in [0.5, 0.6) is 5.75 Å². The summed E-state index contributed by atoms with van der Waals surface area (Å²) in [6.07, 6.45) is 3.34. The van der Waals surface area contributed by atoms with Gasteiger partial charge in [0.1, 0.15) is 12.4 Å². The van der Waals surface area contributed by atoms with Crippen molar-refractivity contribution in [1.29, 1.82) is 0 Å². The van der Waals surface area contributed by atoms with Crippen LogP contribution >= 0.6 is 0 Å². The molecule has 2 saturated heterocycles. The van der Waals surface area contributed by atoms with Crippen LogP contribution in [-0.2, 0) is 24.3 Å². The standard InChI is InChI=1S/C24H39N3O6S/c1-19-15-22(31-3)16-20(2)24(19)34(29,30)27-10-5-4-7-21(27)17-33-18-23(28)25-8-6-9-26-11-13-32-14-12-26/h15-16,21H,4-14,17-18H2,1-3H3,(H,25,28). The first-order valence-electron chi connectivity index (χ1n) is 12.1. The highest BCUT2D eigenvalue weighted by molar-refractivity contribution is 7.89. The average Bonchev–Trinajstić information content (AvgIpc) is 2.82. The number of benzene rings is 1. The molecular formula is C24H39N3O6S. The Morgan fingerprint density at radius 3 is 2.53 bits per heavy atom. The van der Waals surface area contributed by atoms with Gasteiger partial charge in [-0.25, -0.2) is 8.42 Å². The number of methoxy groups -OCH3 is 1. The zero-order chi connectivity index (χ0) is 24.6. The minimum atomic E-state index is -3.69. The van der Waals surface area contributed by atoms with Crippen LogP contribution in [0.15, 0.2) is 17.0 Å². The number of hydrogen-bond acceptors (Lipinski definition) is 7. The molecule has 0 aromatic heterocycles. The molecule has 0 spiro atoms. The third-order valence-electron chi connectivity index (χ3n) is 6.43. The second kappa shape index (κ2) is 12.8. The van der Waals surface area contributed by atoms with Gasteiger partial charge in [-0.05, 0) is 62.9 Å². The largest absolute Gasteiger partial charge is 0.497 e. The van der Waals surface area contributed by atoms with Gasteiger partial charge in [0.2, 0.25) is 15.9 Å². The van der Waals surface area contributed by atoms with Crippen LogP contribution in [-0.4, -0.2) is 95.8 Å². The van der Waals surface area contributed by atoms with E-state index in [1.807, 2.05) is 0 Å². The van der Waals surface area contributed by atoms with Crippen LogP contribution in [0.1, 0.15) is 36.8 Å². The van der Waals surface area contributed by atoms with Crippen molar-refractivity contribution in [2.75, 3.05) is 66.3 Å². The maximum absolute atomic E-state index is 13.6. The Kier molecular flexibility index (Phi) is 10.1. The SMILES string of the molecule is COc1cc(C)c(S(=O)(=O)N2CCCCC2COCC(=O)NCCCN2CCOCC2)c(C)c1. The Hall–Kier alpha value is -1.72. The number of carbonyl (C=O) groups excluding carboxylic acids is 1. The quantitative estimate of drug-likeness (QED) is 0.465. The molecule has 1 atom stereocenters. The van der Waals surface area contributed by atoms with E-state index in [1.54, 1.807) is 37.4 Å². The van der Waals surface area contributed by atoms with E-state index < -0.39 is 10.0 Å². The number of morpholine rings is 1. The van der Waals surface area contributed by atoms with E-state index in [9.17, 15) is 13.2 Å². The third-order valence-corrected chi connectivity index (χ3v) is 8.69. The van der Waals surface area contributed by atoms with Crippen LogP contribution in [0.3, 0.4) is 0 Å². The number of carbonyl (C=O) groups is 1. The van der Waals surface area contributed by atoms with E-state index >= 15 is 0 Å². The predicted octanol–water partition coefficient (Wildman–Crippen LogP) is 1.71. The van der Waals surface area contributed by atoms with Crippen molar-refractivity contribution in [2.24, 2.45) is 0 Å². The van der Waals surface area contributed by atoms with Gasteiger partial charge in [-0.3, -0.25) is 9.69 Å². The fraction of sp³-hybridized carbons (Fsp3) is 0.708. The van der Waals surface area contributed by atoms with Gasteiger partial charge in [-0.2, -0.15) is 4.31 Å². The molecule has 34 heavy (non-hydrogen) atoms. The molecule has 0 bridgehead atoms. The summed E-state index contributed by atoms with van der Waals surface area (Å²) < 4.78 is 45.0. The Bertz CT molecular complexity index is 894. The molecule has 1 N–H and O–H groups in total. The molecule has 2 heterocycles. The number of rotatable bonds is 11. The lowest BCUT2D eigenvalue weighted by Gasteiger charge is -2.35. The summed E-state index contributed by atoms with van der Waals surface area (Å²) in [6, 6.07) is 3.21. The van der Waals surface area contributed by atoms with E-state index in [-0.39, 0.29) is 25.2 Å². The van der Waals surface area contributed by atoms with E-state index in [4.69, 9.17) is 14.2 Å². The lowest BCUT2D eigenvalue weighted by molar-refractivity contribution is -0.126. The van der Waals surface area contributed by atoms with Crippen LogP contribution < -0.4 is 10.1 Å². The molecular weight excluding hydrogens is 458 g/mol. The number of aryl methyl sites for hydroxylation is 2. The summed E-state index contributed by atoms with van der Waals surface area (Å²) >= 11 is 0. The van der Waals surface area contributed by atoms with Gasteiger partial charge in [0.25, 0.3) is 0 Å². The van der Waals surface area contributed by atoms with Crippen LogP contribution in [0.2, 0.25) is 0 Å².